The Labute approximate surface area is 346 Å². The van der Waals surface area contributed by atoms with Crippen LogP contribution in [0.15, 0.2) is 249 Å². The van der Waals surface area contributed by atoms with E-state index >= 15 is 0 Å². The maximum absolute atomic E-state index is 2.36. The molecule has 0 aliphatic carbocycles. The van der Waals surface area contributed by atoms with Gasteiger partial charge in [-0.05, 0) is 120 Å². The Hall–Kier alpha value is -7.74. The molecule has 0 atom stereocenters. The summed E-state index contributed by atoms with van der Waals surface area (Å²) in [6, 6.07) is 89.7. The first-order valence-corrected chi connectivity index (χ1v) is 20.3. The third-order valence-corrected chi connectivity index (χ3v) is 11.3. The standard InChI is InChI=1S/C58H41N/c1-4-15-42(16-5-1)44-29-35-50(36-30-44)59(52-39-33-48(34-40-52)55-26-14-21-46-27-28-49(41-58(46)55)43-17-6-2-7-18-43)51-37-31-47(32-38-51)54-23-11-13-25-57(54)56-24-12-10-22-53(56)45-19-8-3-9-20-45/h1-41H. The van der Waals surface area contributed by atoms with Gasteiger partial charge in [-0.1, -0.05) is 206 Å². The number of anilines is 3. The van der Waals surface area contributed by atoms with Crippen molar-refractivity contribution in [1.29, 1.82) is 0 Å². The van der Waals surface area contributed by atoms with E-state index in [1.54, 1.807) is 0 Å². The minimum absolute atomic E-state index is 1.09. The Kier molecular flexibility index (Phi) is 9.68. The molecular weight excluding hydrogens is 711 g/mol. The van der Waals surface area contributed by atoms with Gasteiger partial charge in [0.05, 0.1) is 0 Å². The Balaban J connectivity index is 1.03. The van der Waals surface area contributed by atoms with Crippen LogP contribution >= 0.6 is 0 Å². The molecule has 0 spiro atoms. The molecule has 10 rings (SSSR count). The molecular formula is C58H41N. The Bertz CT molecular complexity index is 2990. The van der Waals surface area contributed by atoms with E-state index in [-0.39, 0.29) is 0 Å². The molecule has 0 aliphatic rings. The van der Waals surface area contributed by atoms with Gasteiger partial charge in [0.25, 0.3) is 0 Å². The lowest BCUT2D eigenvalue weighted by Gasteiger charge is -2.26. The molecule has 0 saturated heterocycles. The number of rotatable bonds is 9. The highest BCUT2D eigenvalue weighted by molar-refractivity contribution is 5.99. The molecule has 10 aromatic carbocycles. The second kappa shape index (κ2) is 16.0. The Morgan fingerprint density at radius 3 is 1.05 bits per heavy atom. The van der Waals surface area contributed by atoms with Gasteiger partial charge in [0.1, 0.15) is 0 Å². The van der Waals surface area contributed by atoms with Crippen LogP contribution in [0.4, 0.5) is 17.1 Å². The van der Waals surface area contributed by atoms with Crippen molar-refractivity contribution in [3.63, 3.8) is 0 Å². The zero-order chi connectivity index (χ0) is 39.4. The van der Waals surface area contributed by atoms with E-state index < -0.39 is 0 Å². The van der Waals surface area contributed by atoms with Crippen molar-refractivity contribution in [3.8, 4) is 66.8 Å². The normalized spacial score (nSPS) is 11.1. The van der Waals surface area contributed by atoms with E-state index in [0.29, 0.717) is 0 Å². The number of hydrogen-bond acceptors (Lipinski definition) is 1. The van der Waals surface area contributed by atoms with E-state index in [1.165, 1.54) is 77.5 Å². The maximum Gasteiger partial charge on any atom is 0.0462 e. The fraction of sp³-hybridized carbons (Fsp3) is 0. The lowest BCUT2D eigenvalue weighted by Crippen LogP contribution is -2.09. The largest absolute Gasteiger partial charge is 0.311 e. The average Bonchev–Trinajstić information content (AvgIpc) is 3.33. The van der Waals surface area contributed by atoms with Crippen molar-refractivity contribution < 1.29 is 0 Å². The first-order chi connectivity index (χ1) is 29.3. The molecule has 0 radical (unpaired) electrons. The fourth-order valence-electron chi connectivity index (χ4n) is 8.35. The summed E-state index contributed by atoms with van der Waals surface area (Å²) in [5.41, 5.74) is 17.8. The Morgan fingerprint density at radius 1 is 0.203 bits per heavy atom. The third-order valence-electron chi connectivity index (χ3n) is 11.3. The van der Waals surface area contributed by atoms with Crippen LogP contribution in [-0.4, -0.2) is 0 Å². The van der Waals surface area contributed by atoms with Gasteiger partial charge in [0, 0.05) is 17.1 Å². The summed E-state index contributed by atoms with van der Waals surface area (Å²) in [6.07, 6.45) is 0. The van der Waals surface area contributed by atoms with E-state index in [0.717, 1.165) is 17.1 Å². The van der Waals surface area contributed by atoms with Crippen molar-refractivity contribution >= 4 is 27.8 Å². The number of benzene rings is 10. The minimum atomic E-state index is 1.09. The minimum Gasteiger partial charge on any atom is -0.311 e. The molecule has 0 aliphatic heterocycles. The van der Waals surface area contributed by atoms with Crippen molar-refractivity contribution in [2.24, 2.45) is 0 Å². The van der Waals surface area contributed by atoms with Gasteiger partial charge < -0.3 is 4.90 Å². The summed E-state index contributed by atoms with van der Waals surface area (Å²) in [7, 11) is 0. The second-order valence-corrected chi connectivity index (χ2v) is 14.9. The van der Waals surface area contributed by atoms with Gasteiger partial charge in [-0.3, -0.25) is 0 Å². The number of hydrogen-bond donors (Lipinski definition) is 0. The van der Waals surface area contributed by atoms with Crippen LogP contribution in [0.25, 0.3) is 77.5 Å². The highest BCUT2D eigenvalue weighted by Crippen LogP contribution is 2.41. The first-order valence-electron chi connectivity index (χ1n) is 20.3. The van der Waals surface area contributed by atoms with Crippen molar-refractivity contribution in [2.75, 3.05) is 4.90 Å². The topological polar surface area (TPSA) is 3.24 Å². The number of nitrogens with zero attached hydrogens (tertiary/aromatic N) is 1. The molecule has 59 heavy (non-hydrogen) atoms. The summed E-state index contributed by atoms with van der Waals surface area (Å²) in [5.74, 6) is 0. The highest BCUT2D eigenvalue weighted by Gasteiger charge is 2.16. The van der Waals surface area contributed by atoms with Crippen molar-refractivity contribution in [2.45, 2.75) is 0 Å². The smallest absolute Gasteiger partial charge is 0.0462 e. The van der Waals surface area contributed by atoms with Crippen molar-refractivity contribution in [3.05, 3.63) is 249 Å². The molecule has 0 aromatic heterocycles. The zero-order valence-electron chi connectivity index (χ0n) is 32.6. The second-order valence-electron chi connectivity index (χ2n) is 14.9. The highest BCUT2D eigenvalue weighted by atomic mass is 15.1. The lowest BCUT2D eigenvalue weighted by atomic mass is 9.89. The van der Waals surface area contributed by atoms with Crippen LogP contribution in [0.3, 0.4) is 0 Å². The Morgan fingerprint density at radius 2 is 0.542 bits per heavy atom. The summed E-state index contributed by atoms with van der Waals surface area (Å²) < 4.78 is 0. The first kappa shape index (κ1) is 35.7. The quantitative estimate of drug-likeness (QED) is 0.142. The average molecular weight is 752 g/mol. The van der Waals surface area contributed by atoms with E-state index in [4.69, 9.17) is 0 Å². The summed E-state index contributed by atoms with van der Waals surface area (Å²) in [5, 5.41) is 2.48. The van der Waals surface area contributed by atoms with Gasteiger partial charge in [-0.2, -0.15) is 0 Å². The van der Waals surface area contributed by atoms with Gasteiger partial charge in [-0.25, -0.2) is 0 Å². The molecule has 0 bridgehead atoms. The molecule has 0 amide bonds. The van der Waals surface area contributed by atoms with Crippen molar-refractivity contribution in [1.82, 2.24) is 0 Å². The van der Waals surface area contributed by atoms with E-state index in [1.807, 2.05) is 0 Å². The zero-order valence-corrected chi connectivity index (χ0v) is 32.6. The molecule has 0 saturated carbocycles. The molecule has 1 nitrogen and oxygen atoms in total. The SMILES string of the molecule is c1ccc(-c2ccc(N(c3ccc(-c4ccccc4-c4ccccc4-c4ccccc4)cc3)c3ccc(-c4cccc5ccc(-c6ccccc6)cc45)cc3)cc2)cc1. The third kappa shape index (κ3) is 7.23. The lowest BCUT2D eigenvalue weighted by molar-refractivity contribution is 1.28. The van der Waals surface area contributed by atoms with Gasteiger partial charge in [0.2, 0.25) is 0 Å². The monoisotopic (exact) mass is 751 g/mol. The van der Waals surface area contributed by atoms with E-state index in [9.17, 15) is 0 Å². The molecule has 0 heterocycles. The summed E-state index contributed by atoms with van der Waals surface area (Å²) in [4.78, 5) is 2.36. The van der Waals surface area contributed by atoms with Crippen LogP contribution < -0.4 is 4.90 Å². The summed E-state index contributed by atoms with van der Waals surface area (Å²) in [6.45, 7) is 0. The van der Waals surface area contributed by atoms with Crippen LogP contribution in [0.1, 0.15) is 0 Å². The maximum atomic E-state index is 2.36. The molecule has 10 aromatic rings. The number of fused-ring (bicyclic) bond motifs is 1. The van der Waals surface area contributed by atoms with Crippen LogP contribution in [0, 0.1) is 0 Å². The predicted molar refractivity (Wildman–Crippen MR) is 251 cm³/mol. The van der Waals surface area contributed by atoms with Crippen LogP contribution in [0.2, 0.25) is 0 Å². The molecule has 0 unspecified atom stereocenters. The van der Waals surface area contributed by atoms with Gasteiger partial charge in [0.15, 0.2) is 0 Å². The van der Waals surface area contributed by atoms with E-state index in [2.05, 4.69) is 254 Å². The fourth-order valence-corrected chi connectivity index (χ4v) is 8.35. The molecule has 0 fully saturated rings. The van der Waals surface area contributed by atoms with Crippen LogP contribution in [0.5, 0.6) is 0 Å². The molecule has 0 N–H and O–H groups in total. The predicted octanol–water partition coefficient (Wildman–Crippen LogP) is 16.3. The molecule has 1 heteroatoms. The van der Waals surface area contributed by atoms with Gasteiger partial charge >= 0.3 is 0 Å². The summed E-state index contributed by atoms with van der Waals surface area (Å²) >= 11 is 0. The van der Waals surface area contributed by atoms with Crippen LogP contribution in [-0.2, 0) is 0 Å². The van der Waals surface area contributed by atoms with Gasteiger partial charge in [-0.15, -0.1) is 0 Å². The molecule has 278 valence electrons.